The van der Waals surface area contributed by atoms with Crippen LogP contribution in [0, 0.1) is 18.3 Å². The Hall–Kier alpha value is -2.19. The molecule has 1 aromatic heterocycles. The van der Waals surface area contributed by atoms with Crippen molar-refractivity contribution in [3.63, 3.8) is 0 Å². The van der Waals surface area contributed by atoms with E-state index in [9.17, 15) is 17.6 Å². The molecule has 0 aliphatic carbocycles. The third-order valence-electron chi connectivity index (χ3n) is 5.25. The van der Waals surface area contributed by atoms with Crippen molar-refractivity contribution in [3.8, 4) is 5.75 Å². The smallest absolute Gasteiger partial charge is 0.549 e. The van der Waals surface area contributed by atoms with E-state index >= 15 is 0 Å². The maximum absolute atomic E-state index is 13.1. The number of ether oxygens (including phenoxy) is 2. The Morgan fingerprint density at radius 2 is 2.03 bits per heavy atom. The van der Waals surface area contributed by atoms with Gasteiger partial charge in [-0.2, -0.15) is 25.7 Å². The summed E-state index contributed by atoms with van der Waals surface area (Å²) in [5.74, 6) is 0.396. The Kier molecular flexibility index (Phi) is 7.77. The van der Waals surface area contributed by atoms with Crippen LogP contribution in [-0.2, 0) is 28.0 Å². The van der Waals surface area contributed by atoms with E-state index in [0.29, 0.717) is 23.3 Å². The van der Waals surface area contributed by atoms with Gasteiger partial charge >= 0.3 is 23.2 Å². The zero-order chi connectivity index (χ0) is 22.0. The van der Waals surface area contributed by atoms with E-state index in [1.54, 1.807) is 24.3 Å². The molecule has 9 heteroatoms. The number of aromatic amines is 1. The largest absolute Gasteiger partial charge is 2.00 e. The van der Waals surface area contributed by atoms with Crippen molar-refractivity contribution in [1.29, 1.82) is 0 Å². The van der Waals surface area contributed by atoms with Gasteiger partial charge in [0.05, 0.1) is 25.0 Å². The van der Waals surface area contributed by atoms with Gasteiger partial charge in [0.15, 0.2) is 0 Å². The molecule has 2 aliphatic rings. The minimum absolute atomic E-state index is 0. The number of aromatic nitrogens is 1. The van der Waals surface area contributed by atoms with Gasteiger partial charge < -0.3 is 14.5 Å². The van der Waals surface area contributed by atoms with Crippen molar-refractivity contribution in [3.05, 3.63) is 72.0 Å². The maximum atomic E-state index is 13.1. The number of fused-ring (bicyclic) bond motifs is 2. The van der Waals surface area contributed by atoms with Crippen molar-refractivity contribution in [2.45, 2.75) is 25.2 Å². The molecule has 171 valence electrons. The summed E-state index contributed by atoms with van der Waals surface area (Å²) in [4.78, 5) is 4.64. The fraction of sp³-hybridized carbons (Fsp3) is 0.348. The molecule has 3 aromatic rings. The Labute approximate surface area is 194 Å². The molecule has 4 nitrogen and oxygen atoms in total. The van der Waals surface area contributed by atoms with E-state index in [2.05, 4.69) is 29.3 Å². The molecule has 0 amide bonds. The van der Waals surface area contributed by atoms with Crippen LogP contribution < -0.4 is 4.74 Å². The number of hydrogen-bond acceptors (Lipinski definition) is 3. The topological polar surface area (TPSA) is 37.5 Å². The average molecular weight is 489 g/mol. The van der Waals surface area contributed by atoms with Crippen molar-refractivity contribution in [1.82, 2.24) is 9.88 Å². The molecule has 3 heterocycles. The number of benzene rings is 2. The summed E-state index contributed by atoms with van der Waals surface area (Å²) < 4.78 is 60.8. The summed E-state index contributed by atoms with van der Waals surface area (Å²) in [6.07, 6.45) is -1.88. The first-order chi connectivity index (χ1) is 14.8. The van der Waals surface area contributed by atoms with Crippen molar-refractivity contribution < 1.29 is 44.1 Å². The molecule has 0 spiro atoms. The van der Waals surface area contributed by atoms with Crippen LogP contribution in [0.1, 0.15) is 18.2 Å². The van der Waals surface area contributed by atoms with Gasteiger partial charge in [-0.15, -0.1) is 41.3 Å². The Morgan fingerprint density at radius 3 is 2.75 bits per heavy atom. The fourth-order valence-electron chi connectivity index (χ4n) is 3.72. The summed E-state index contributed by atoms with van der Waals surface area (Å²) in [6, 6.07) is 13.5. The minimum atomic E-state index is -4.31. The van der Waals surface area contributed by atoms with Crippen LogP contribution >= 0.6 is 0 Å². The third kappa shape index (κ3) is 5.78. The summed E-state index contributed by atoms with van der Waals surface area (Å²) in [7, 11) is 0. The fourth-order valence-corrected chi connectivity index (χ4v) is 3.72. The van der Waals surface area contributed by atoms with Gasteiger partial charge in [-0.1, -0.05) is 6.07 Å². The minimum Gasteiger partial charge on any atom is -0.549 e. The molecule has 1 fully saturated rings. The normalized spacial score (nSPS) is 20.8. The van der Waals surface area contributed by atoms with E-state index in [-0.39, 0.29) is 35.0 Å². The van der Waals surface area contributed by atoms with Gasteiger partial charge in [0.2, 0.25) is 0 Å². The number of nitrogens with zero attached hydrogens (tertiary/aromatic N) is 1. The van der Waals surface area contributed by atoms with Crippen molar-refractivity contribution in [2.75, 3.05) is 26.3 Å². The molecular weight excluding hydrogens is 467 g/mol. The second kappa shape index (κ2) is 10.2. The van der Waals surface area contributed by atoms with Gasteiger partial charge in [0.25, 0.3) is 0 Å². The molecule has 1 N–H and O–H groups in total. The average Bonchev–Trinajstić information content (AvgIpc) is 3.19. The maximum Gasteiger partial charge on any atom is 2.00 e. The number of morpholine rings is 1. The molecule has 1 radical (unpaired) electrons. The summed E-state index contributed by atoms with van der Waals surface area (Å²) in [5, 5.41) is 0.454. The first-order valence-corrected chi connectivity index (χ1v) is 9.99. The standard InChI is InChI=1S/C14H17FNO2.C9H5F3N.Mn/c1-10-8-16(4-5-17-10)13-6-11-2-3-12(15)7-14(11)18-9-13;10-9(11,12)8-5-6-3-1-2-4-7(6)13-8;/h2-3,6-7,10,13H,4-5,8-9H2,1H3;1-2,4-5,13H;/q2*-1;+2/t10-,13-;;/m1../s1. The second-order valence-electron chi connectivity index (χ2n) is 7.58. The number of hydrogen-bond donors (Lipinski definition) is 1. The van der Waals surface area contributed by atoms with E-state index in [0.717, 1.165) is 31.3 Å². The molecule has 1 saturated heterocycles. The van der Waals surface area contributed by atoms with Crippen molar-refractivity contribution in [2.24, 2.45) is 0 Å². The molecule has 0 saturated carbocycles. The molecule has 32 heavy (non-hydrogen) atoms. The zero-order valence-corrected chi connectivity index (χ0v) is 18.4. The van der Waals surface area contributed by atoms with Crippen LogP contribution in [0.3, 0.4) is 0 Å². The van der Waals surface area contributed by atoms with Crippen LogP contribution in [0.2, 0.25) is 0 Å². The third-order valence-corrected chi connectivity index (χ3v) is 5.25. The van der Waals surface area contributed by atoms with Crippen LogP contribution in [0.4, 0.5) is 17.6 Å². The molecular formula is C23H22F4MnN2O2. The summed E-state index contributed by atoms with van der Waals surface area (Å²) in [5.41, 5.74) is 0.701. The van der Waals surface area contributed by atoms with E-state index in [1.807, 2.05) is 0 Å². The molecule has 0 unspecified atom stereocenters. The molecule has 2 aliphatic heterocycles. The van der Waals surface area contributed by atoms with Gasteiger partial charge in [0.1, 0.15) is 5.82 Å². The number of rotatable bonds is 1. The van der Waals surface area contributed by atoms with Crippen LogP contribution in [0.5, 0.6) is 5.75 Å². The number of nitrogens with one attached hydrogen (secondary N) is 1. The van der Waals surface area contributed by atoms with Crippen molar-refractivity contribution >= 4 is 10.9 Å². The molecule has 0 bridgehead atoms. The van der Waals surface area contributed by atoms with Gasteiger partial charge in [-0.25, -0.2) is 4.39 Å². The summed E-state index contributed by atoms with van der Waals surface area (Å²) in [6.45, 7) is 5.27. The van der Waals surface area contributed by atoms with Crippen LogP contribution in [-0.4, -0.2) is 48.3 Å². The first kappa shape index (κ1) is 24.5. The monoisotopic (exact) mass is 489 g/mol. The Balaban J connectivity index is 0.000000184. The SMILES string of the molecule is C[C@@H]1CN([C@@H]2[CH-]c3ccc(F)cc3OC2)CCO1.FC(F)(F)c1cc2[c-]cccc2[nH]1.[Mn+2]. The Bertz CT molecular complexity index is 1010. The quantitative estimate of drug-likeness (QED) is 0.302. The molecule has 5 rings (SSSR count). The predicted molar refractivity (Wildman–Crippen MR) is 108 cm³/mol. The van der Waals surface area contributed by atoms with E-state index < -0.39 is 11.9 Å². The van der Waals surface area contributed by atoms with Crippen LogP contribution in [0.15, 0.2) is 42.5 Å². The van der Waals surface area contributed by atoms with Gasteiger partial charge in [-0.3, -0.25) is 4.90 Å². The Morgan fingerprint density at radius 1 is 1.22 bits per heavy atom. The number of halogens is 4. The van der Waals surface area contributed by atoms with E-state index in [1.165, 1.54) is 12.1 Å². The van der Waals surface area contributed by atoms with Gasteiger partial charge in [0, 0.05) is 24.9 Å². The molecule has 2 atom stereocenters. The number of alkyl halides is 3. The first-order valence-electron chi connectivity index (χ1n) is 9.99. The summed E-state index contributed by atoms with van der Waals surface area (Å²) >= 11 is 0. The molecule has 2 aromatic carbocycles. The van der Waals surface area contributed by atoms with Gasteiger partial charge in [-0.05, 0) is 18.5 Å². The predicted octanol–water partition coefficient (Wildman–Crippen LogP) is 4.84. The van der Waals surface area contributed by atoms with E-state index in [4.69, 9.17) is 9.47 Å². The second-order valence-corrected chi connectivity index (χ2v) is 7.58. The van der Waals surface area contributed by atoms with Crippen LogP contribution in [0.25, 0.3) is 10.9 Å². The number of H-pyrrole nitrogens is 1. The zero-order valence-electron chi connectivity index (χ0n) is 17.3.